The van der Waals surface area contributed by atoms with E-state index in [9.17, 15) is 13.2 Å². The Labute approximate surface area is 123 Å². The van der Waals surface area contributed by atoms with Crippen LogP contribution in [0.4, 0.5) is 24.7 Å². The first-order chi connectivity index (χ1) is 10.3. The summed E-state index contributed by atoms with van der Waals surface area (Å²) in [5.41, 5.74) is 0.389. The first-order valence-electron chi connectivity index (χ1n) is 6.39. The number of halogens is 3. The summed E-state index contributed by atoms with van der Waals surface area (Å²) in [4.78, 5) is 8.31. The molecule has 0 aliphatic carbocycles. The minimum Gasteiger partial charge on any atom is -0.339 e. The van der Waals surface area contributed by atoms with Gasteiger partial charge in [0.25, 0.3) is 5.71 Å². The molecule has 1 aromatic carbocycles. The molecule has 22 heavy (non-hydrogen) atoms. The molecule has 5 nitrogen and oxygen atoms in total. The number of hydrogen-bond donors (Lipinski definition) is 1. The molecular weight excluding hydrogens is 297 g/mol. The molecule has 0 aliphatic heterocycles. The van der Waals surface area contributed by atoms with Crippen LogP contribution < -0.4 is 5.32 Å². The summed E-state index contributed by atoms with van der Waals surface area (Å²) in [5, 5.41) is 7.22. The Kier molecular flexibility index (Phi) is 3.23. The van der Waals surface area contributed by atoms with Crippen molar-refractivity contribution in [1.82, 2.24) is 15.1 Å². The lowest BCUT2D eigenvalue weighted by Gasteiger charge is -2.11. The van der Waals surface area contributed by atoms with Crippen LogP contribution in [-0.2, 0) is 6.18 Å². The molecule has 0 bridgehead atoms. The van der Waals surface area contributed by atoms with E-state index < -0.39 is 11.7 Å². The van der Waals surface area contributed by atoms with Gasteiger partial charge in [0.1, 0.15) is 17.0 Å². The van der Waals surface area contributed by atoms with E-state index in [-0.39, 0.29) is 5.69 Å². The molecule has 0 atom stereocenters. The molecule has 2 heterocycles. The molecule has 0 amide bonds. The van der Waals surface area contributed by atoms with Gasteiger partial charge in [0.15, 0.2) is 0 Å². The molecule has 3 aromatic rings. The quantitative estimate of drug-likeness (QED) is 0.775. The summed E-state index contributed by atoms with van der Waals surface area (Å²) in [5.74, 6) is 0.790. The van der Waals surface area contributed by atoms with Crippen LogP contribution in [0.15, 0.2) is 28.8 Å². The number of anilines is 2. The summed E-state index contributed by atoms with van der Waals surface area (Å²) >= 11 is 0. The second-order valence-corrected chi connectivity index (χ2v) is 4.77. The van der Waals surface area contributed by atoms with Gasteiger partial charge in [-0.05, 0) is 32.0 Å². The number of fused-ring (bicyclic) bond motifs is 1. The van der Waals surface area contributed by atoms with Crippen molar-refractivity contribution < 1.29 is 17.7 Å². The number of rotatable bonds is 2. The number of aryl methyl sites for hydroxylation is 2. The van der Waals surface area contributed by atoms with Gasteiger partial charge in [-0.15, -0.1) is 0 Å². The van der Waals surface area contributed by atoms with Crippen molar-refractivity contribution in [2.24, 2.45) is 0 Å². The van der Waals surface area contributed by atoms with Gasteiger partial charge in [0, 0.05) is 5.69 Å². The fraction of sp³-hybridized carbons (Fsp3) is 0.214. The smallest absolute Gasteiger partial charge is 0.339 e. The average molecular weight is 308 g/mol. The second kappa shape index (κ2) is 4.97. The van der Waals surface area contributed by atoms with Crippen molar-refractivity contribution in [3.63, 3.8) is 0 Å². The SMILES string of the molecule is Cc1nc(Nc2cccc(C(F)(F)F)c2)c2c(C)noc2n1. The van der Waals surface area contributed by atoms with Crippen LogP contribution in [0.3, 0.4) is 0 Å². The normalized spacial score (nSPS) is 11.9. The Bertz CT molecular complexity index is 842. The summed E-state index contributed by atoms with van der Waals surface area (Å²) in [7, 11) is 0. The zero-order valence-corrected chi connectivity index (χ0v) is 11.7. The van der Waals surface area contributed by atoms with Gasteiger partial charge in [-0.3, -0.25) is 0 Å². The van der Waals surface area contributed by atoms with Crippen LogP contribution in [-0.4, -0.2) is 15.1 Å². The van der Waals surface area contributed by atoms with E-state index in [0.29, 0.717) is 28.4 Å². The van der Waals surface area contributed by atoms with Crippen LogP contribution in [0, 0.1) is 13.8 Å². The molecule has 3 rings (SSSR count). The van der Waals surface area contributed by atoms with Gasteiger partial charge >= 0.3 is 6.18 Å². The van der Waals surface area contributed by atoms with Crippen molar-refractivity contribution in [1.29, 1.82) is 0 Å². The molecule has 0 spiro atoms. The maximum Gasteiger partial charge on any atom is 0.416 e. The highest BCUT2D eigenvalue weighted by molar-refractivity contribution is 5.89. The van der Waals surface area contributed by atoms with Crippen molar-refractivity contribution in [3.05, 3.63) is 41.3 Å². The Hall–Kier alpha value is -2.64. The van der Waals surface area contributed by atoms with E-state index in [1.54, 1.807) is 13.8 Å². The first-order valence-corrected chi connectivity index (χ1v) is 6.39. The number of nitrogens with one attached hydrogen (secondary N) is 1. The summed E-state index contributed by atoms with van der Waals surface area (Å²) in [6.45, 7) is 3.37. The number of benzene rings is 1. The Morgan fingerprint density at radius 1 is 1.14 bits per heavy atom. The number of nitrogens with zero attached hydrogens (tertiary/aromatic N) is 3. The lowest BCUT2D eigenvalue weighted by atomic mass is 10.2. The van der Waals surface area contributed by atoms with Gasteiger partial charge in [-0.25, -0.2) is 4.98 Å². The summed E-state index contributed by atoms with van der Waals surface area (Å²) in [6.07, 6.45) is -4.40. The van der Waals surface area contributed by atoms with Gasteiger partial charge in [-0.2, -0.15) is 18.2 Å². The van der Waals surface area contributed by atoms with Crippen LogP contribution in [0.25, 0.3) is 11.1 Å². The largest absolute Gasteiger partial charge is 0.416 e. The summed E-state index contributed by atoms with van der Waals surface area (Å²) < 4.78 is 43.3. The molecule has 0 aliphatic rings. The Balaban J connectivity index is 2.05. The zero-order valence-electron chi connectivity index (χ0n) is 11.7. The lowest BCUT2D eigenvalue weighted by molar-refractivity contribution is -0.137. The van der Waals surface area contributed by atoms with Crippen molar-refractivity contribution in [3.8, 4) is 0 Å². The third kappa shape index (κ3) is 2.59. The van der Waals surface area contributed by atoms with E-state index >= 15 is 0 Å². The Morgan fingerprint density at radius 3 is 2.64 bits per heavy atom. The van der Waals surface area contributed by atoms with Crippen LogP contribution in [0.2, 0.25) is 0 Å². The van der Waals surface area contributed by atoms with Crippen molar-refractivity contribution in [2.75, 3.05) is 5.32 Å². The molecule has 1 N–H and O–H groups in total. The summed E-state index contributed by atoms with van der Waals surface area (Å²) in [6, 6.07) is 4.89. The monoisotopic (exact) mass is 308 g/mol. The third-order valence-corrected chi connectivity index (χ3v) is 3.07. The number of aromatic nitrogens is 3. The second-order valence-electron chi connectivity index (χ2n) is 4.77. The van der Waals surface area contributed by atoms with Crippen LogP contribution >= 0.6 is 0 Å². The highest BCUT2D eigenvalue weighted by Crippen LogP contribution is 2.32. The van der Waals surface area contributed by atoms with E-state index in [1.807, 2.05) is 0 Å². The molecule has 0 radical (unpaired) electrons. The maximum absolute atomic E-state index is 12.8. The zero-order chi connectivity index (χ0) is 15.9. The standard InChI is InChI=1S/C14H11F3N4O/c1-7-11-12(18-8(2)19-13(11)22-21-7)20-10-5-3-4-9(6-10)14(15,16)17/h3-6H,1-2H3,(H,18,19,20). The van der Waals surface area contributed by atoms with E-state index in [1.165, 1.54) is 12.1 Å². The topological polar surface area (TPSA) is 63.8 Å². The van der Waals surface area contributed by atoms with E-state index in [4.69, 9.17) is 4.52 Å². The van der Waals surface area contributed by atoms with Gasteiger partial charge in [-0.1, -0.05) is 11.2 Å². The fourth-order valence-electron chi connectivity index (χ4n) is 2.10. The molecule has 0 unspecified atom stereocenters. The molecule has 8 heteroatoms. The number of alkyl halides is 3. The van der Waals surface area contributed by atoms with Crippen LogP contribution in [0.1, 0.15) is 17.1 Å². The van der Waals surface area contributed by atoms with E-state index in [2.05, 4.69) is 20.4 Å². The highest BCUT2D eigenvalue weighted by Gasteiger charge is 2.30. The fourth-order valence-corrected chi connectivity index (χ4v) is 2.10. The predicted octanol–water partition coefficient (Wildman–Crippen LogP) is 4.00. The van der Waals surface area contributed by atoms with E-state index in [0.717, 1.165) is 12.1 Å². The van der Waals surface area contributed by atoms with Gasteiger partial charge < -0.3 is 9.84 Å². The molecule has 0 fully saturated rings. The Morgan fingerprint density at radius 2 is 1.91 bits per heavy atom. The third-order valence-electron chi connectivity index (χ3n) is 3.07. The van der Waals surface area contributed by atoms with Crippen molar-refractivity contribution >= 4 is 22.6 Å². The van der Waals surface area contributed by atoms with Gasteiger partial charge in [0.2, 0.25) is 0 Å². The molecule has 0 saturated carbocycles. The predicted molar refractivity (Wildman–Crippen MR) is 73.8 cm³/mol. The number of hydrogen-bond acceptors (Lipinski definition) is 5. The molecule has 114 valence electrons. The average Bonchev–Trinajstić information content (AvgIpc) is 2.79. The van der Waals surface area contributed by atoms with Crippen LogP contribution in [0.5, 0.6) is 0 Å². The first kappa shape index (κ1) is 14.3. The maximum atomic E-state index is 12.8. The highest BCUT2D eigenvalue weighted by atomic mass is 19.4. The lowest BCUT2D eigenvalue weighted by Crippen LogP contribution is -2.05. The van der Waals surface area contributed by atoms with Gasteiger partial charge in [0.05, 0.1) is 11.3 Å². The minimum absolute atomic E-state index is 0.273. The van der Waals surface area contributed by atoms with Crippen molar-refractivity contribution in [2.45, 2.75) is 20.0 Å². The molecule has 2 aromatic heterocycles. The minimum atomic E-state index is -4.40. The molecule has 0 saturated heterocycles. The molecular formula is C14H11F3N4O.